The van der Waals surface area contributed by atoms with Gasteiger partial charge >= 0.3 is 0 Å². The molecule has 0 saturated carbocycles. The van der Waals surface area contributed by atoms with Crippen molar-refractivity contribution in [1.82, 2.24) is 19.5 Å². The van der Waals surface area contributed by atoms with Crippen LogP contribution in [0.4, 0.5) is 0 Å². The van der Waals surface area contributed by atoms with Gasteiger partial charge in [0.1, 0.15) is 0 Å². The number of nitrogens with zero attached hydrogens (tertiary/aromatic N) is 4. The van der Waals surface area contributed by atoms with Gasteiger partial charge in [0.2, 0.25) is 0 Å². The maximum Gasteiger partial charge on any atom is 0.164 e. The molecule has 2 aromatic heterocycles. The first kappa shape index (κ1) is 26.3. The fourth-order valence-electron chi connectivity index (χ4n) is 6.76. The molecule has 0 amide bonds. The molecule has 4 heteroatoms. The molecule has 8 aromatic rings. The minimum absolute atomic E-state index is 0.648. The molecule has 46 heavy (non-hydrogen) atoms. The van der Waals surface area contributed by atoms with Gasteiger partial charge in [0.15, 0.2) is 17.5 Å². The maximum atomic E-state index is 4.95. The van der Waals surface area contributed by atoms with E-state index in [1.807, 2.05) is 60.7 Å². The van der Waals surface area contributed by atoms with Crippen LogP contribution in [-0.2, 0) is 6.42 Å². The van der Waals surface area contributed by atoms with Gasteiger partial charge in [-0.1, -0.05) is 127 Å². The summed E-state index contributed by atoms with van der Waals surface area (Å²) in [6, 6.07) is 55.3. The van der Waals surface area contributed by atoms with Crippen LogP contribution in [0.2, 0.25) is 0 Å². The Hall–Kier alpha value is -6.13. The van der Waals surface area contributed by atoms with Gasteiger partial charge in [-0.2, -0.15) is 0 Å². The quantitative estimate of drug-likeness (QED) is 0.205. The van der Waals surface area contributed by atoms with Gasteiger partial charge in [-0.15, -0.1) is 0 Å². The van der Waals surface area contributed by atoms with Crippen molar-refractivity contribution in [3.05, 3.63) is 169 Å². The fraction of sp³-hybridized carbons (Fsp3) is 0.0238. The van der Waals surface area contributed by atoms with E-state index in [4.69, 9.17) is 15.0 Å². The van der Waals surface area contributed by atoms with Crippen LogP contribution < -0.4 is 0 Å². The van der Waals surface area contributed by atoms with E-state index < -0.39 is 0 Å². The van der Waals surface area contributed by atoms with Crippen LogP contribution in [0.5, 0.6) is 0 Å². The molecule has 4 nitrogen and oxygen atoms in total. The molecular formula is C42H28N4. The van der Waals surface area contributed by atoms with Gasteiger partial charge in [0.25, 0.3) is 0 Å². The summed E-state index contributed by atoms with van der Waals surface area (Å²) in [4.78, 5) is 14.8. The molecule has 216 valence electrons. The van der Waals surface area contributed by atoms with Crippen molar-refractivity contribution in [2.45, 2.75) is 6.42 Å². The lowest BCUT2D eigenvalue weighted by atomic mass is 9.97. The Labute approximate surface area is 267 Å². The standard InChI is InChI=1S/C42H28N4/c1-3-13-28(14-4-1)40-43-41(29-15-5-2-6-16-29)45-42(44-40)30-23-25-33(26-24-30)46-37-22-12-11-21-36(37)38-34-19-9-7-17-31(34)27-32-18-8-10-20-35(32)39(38)46/h1-26H,27H2. The normalized spacial score (nSPS) is 11.8. The average molecular weight is 589 g/mol. The smallest absolute Gasteiger partial charge is 0.164 e. The Balaban J connectivity index is 1.24. The lowest BCUT2D eigenvalue weighted by Crippen LogP contribution is -2.01. The molecule has 1 aliphatic carbocycles. The summed E-state index contributed by atoms with van der Waals surface area (Å²) >= 11 is 0. The molecule has 0 aliphatic heterocycles. The van der Waals surface area contributed by atoms with Gasteiger partial charge in [-0.05, 0) is 53.4 Å². The topological polar surface area (TPSA) is 43.6 Å². The second-order valence-corrected chi connectivity index (χ2v) is 11.7. The molecule has 0 spiro atoms. The third-order valence-corrected chi connectivity index (χ3v) is 8.90. The highest BCUT2D eigenvalue weighted by molar-refractivity contribution is 6.07. The van der Waals surface area contributed by atoms with Gasteiger partial charge < -0.3 is 4.57 Å². The number of fused-ring (bicyclic) bond motifs is 7. The van der Waals surface area contributed by atoms with E-state index in [0.29, 0.717) is 17.5 Å². The van der Waals surface area contributed by atoms with E-state index >= 15 is 0 Å². The minimum atomic E-state index is 0.648. The Bertz CT molecular complexity index is 2320. The third kappa shape index (κ3) is 4.34. The van der Waals surface area contributed by atoms with Crippen molar-refractivity contribution in [3.8, 4) is 62.2 Å². The summed E-state index contributed by atoms with van der Waals surface area (Å²) < 4.78 is 2.42. The van der Waals surface area contributed by atoms with Gasteiger partial charge in [0.05, 0.1) is 11.2 Å². The zero-order valence-electron chi connectivity index (χ0n) is 25.0. The Kier molecular flexibility index (Phi) is 6.17. The van der Waals surface area contributed by atoms with E-state index in [1.165, 1.54) is 44.4 Å². The fourth-order valence-corrected chi connectivity index (χ4v) is 6.76. The van der Waals surface area contributed by atoms with Crippen LogP contribution in [-0.4, -0.2) is 19.5 Å². The largest absolute Gasteiger partial charge is 0.309 e. The van der Waals surface area contributed by atoms with Crippen molar-refractivity contribution in [1.29, 1.82) is 0 Å². The summed E-state index contributed by atoms with van der Waals surface area (Å²) in [7, 11) is 0. The number of hydrogen-bond acceptors (Lipinski definition) is 3. The lowest BCUT2D eigenvalue weighted by molar-refractivity contribution is 1.07. The van der Waals surface area contributed by atoms with Crippen molar-refractivity contribution in [2.24, 2.45) is 0 Å². The molecule has 0 fully saturated rings. The highest BCUT2D eigenvalue weighted by atomic mass is 15.0. The van der Waals surface area contributed by atoms with Crippen molar-refractivity contribution in [3.63, 3.8) is 0 Å². The van der Waals surface area contributed by atoms with Gasteiger partial charge in [0, 0.05) is 38.9 Å². The highest BCUT2D eigenvalue weighted by Crippen LogP contribution is 2.47. The van der Waals surface area contributed by atoms with E-state index in [1.54, 1.807) is 0 Å². The SMILES string of the molecule is c1ccc(-c2nc(-c3ccccc3)nc(-c3ccc(-n4c5c(c6ccccc64)-c4ccccc4Cc4ccccc4-5)cc3)n2)cc1. The summed E-state index contributed by atoms with van der Waals surface area (Å²) in [6.07, 6.45) is 0.904. The zero-order valence-corrected chi connectivity index (χ0v) is 25.0. The van der Waals surface area contributed by atoms with Crippen LogP contribution in [0.15, 0.2) is 158 Å². The Morgan fingerprint density at radius 2 is 0.891 bits per heavy atom. The second-order valence-electron chi connectivity index (χ2n) is 11.7. The molecule has 2 heterocycles. The van der Waals surface area contributed by atoms with Crippen molar-refractivity contribution in [2.75, 3.05) is 0 Å². The first-order valence-electron chi connectivity index (χ1n) is 15.6. The van der Waals surface area contributed by atoms with Crippen LogP contribution in [0.1, 0.15) is 11.1 Å². The van der Waals surface area contributed by atoms with Crippen LogP contribution in [0, 0.1) is 0 Å². The Morgan fingerprint density at radius 3 is 1.52 bits per heavy atom. The molecule has 6 aromatic carbocycles. The maximum absolute atomic E-state index is 4.95. The predicted molar refractivity (Wildman–Crippen MR) is 187 cm³/mol. The van der Waals surface area contributed by atoms with Crippen molar-refractivity contribution >= 4 is 10.9 Å². The van der Waals surface area contributed by atoms with E-state index in [9.17, 15) is 0 Å². The monoisotopic (exact) mass is 588 g/mol. The second kappa shape index (κ2) is 10.8. The minimum Gasteiger partial charge on any atom is -0.309 e. The Morgan fingerprint density at radius 1 is 0.413 bits per heavy atom. The number of hydrogen-bond donors (Lipinski definition) is 0. The summed E-state index contributed by atoms with van der Waals surface area (Å²) in [5.74, 6) is 1.96. The molecule has 0 atom stereocenters. The molecule has 0 N–H and O–H groups in total. The summed E-state index contributed by atoms with van der Waals surface area (Å²) in [6.45, 7) is 0. The first-order valence-corrected chi connectivity index (χ1v) is 15.6. The number of rotatable bonds is 4. The number of aromatic nitrogens is 4. The van der Waals surface area contributed by atoms with E-state index in [0.717, 1.165) is 28.8 Å². The van der Waals surface area contributed by atoms with E-state index in [-0.39, 0.29) is 0 Å². The van der Waals surface area contributed by atoms with Crippen LogP contribution >= 0.6 is 0 Å². The van der Waals surface area contributed by atoms with Gasteiger partial charge in [-0.25, -0.2) is 15.0 Å². The number of para-hydroxylation sites is 1. The summed E-state index contributed by atoms with van der Waals surface area (Å²) in [5.41, 5.74) is 12.9. The molecule has 0 unspecified atom stereocenters. The molecule has 1 aliphatic rings. The predicted octanol–water partition coefficient (Wildman–Crippen LogP) is 10.1. The highest BCUT2D eigenvalue weighted by Gasteiger charge is 2.26. The third-order valence-electron chi connectivity index (χ3n) is 8.90. The van der Waals surface area contributed by atoms with Crippen LogP contribution in [0.25, 0.3) is 73.1 Å². The van der Waals surface area contributed by atoms with Crippen molar-refractivity contribution < 1.29 is 0 Å². The number of benzene rings is 6. The zero-order chi connectivity index (χ0) is 30.5. The average Bonchev–Trinajstić information content (AvgIpc) is 3.40. The molecule has 9 rings (SSSR count). The molecule has 0 radical (unpaired) electrons. The van der Waals surface area contributed by atoms with E-state index in [2.05, 4.69) is 102 Å². The van der Waals surface area contributed by atoms with Crippen LogP contribution in [0.3, 0.4) is 0 Å². The van der Waals surface area contributed by atoms with Gasteiger partial charge in [-0.3, -0.25) is 0 Å². The lowest BCUT2D eigenvalue weighted by Gasteiger charge is -2.15. The molecule has 0 bridgehead atoms. The molecule has 0 saturated heterocycles. The first-order chi connectivity index (χ1) is 22.8. The molecular weight excluding hydrogens is 560 g/mol. The summed E-state index contributed by atoms with van der Waals surface area (Å²) in [5, 5.41) is 1.25.